The van der Waals surface area contributed by atoms with Gasteiger partial charge in [0, 0.05) is 23.3 Å². The molecule has 0 aromatic heterocycles. The first-order valence-electron chi connectivity index (χ1n) is 5.22. The van der Waals surface area contributed by atoms with Crippen molar-refractivity contribution < 1.29 is 14.6 Å². The zero-order valence-electron chi connectivity index (χ0n) is 9.84. The highest BCUT2D eigenvalue weighted by Gasteiger charge is 2.16. The summed E-state index contributed by atoms with van der Waals surface area (Å²) in [4.78, 5) is 0. The van der Waals surface area contributed by atoms with E-state index in [0.29, 0.717) is 22.9 Å². The molecular formula is C12H17ClO3. The minimum atomic E-state index is 0.0716. The third kappa shape index (κ3) is 2.42. The molecular weight excluding hydrogens is 228 g/mol. The van der Waals surface area contributed by atoms with Gasteiger partial charge < -0.3 is 14.6 Å². The standard InChI is InChI=1S/C12H17ClO3/c1-4-8-9(5-6-14)10(13)7-11(15-2)12(8)16-3/h7,14H,4-6H2,1-3H3. The van der Waals surface area contributed by atoms with Gasteiger partial charge in [-0.2, -0.15) is 0 Å². The van der Waals surface area contributed by atoms with Crippen LogP contribution in [0, 0.1) is 0 Å². The third-order valence-electron chi connectivity index (χ3n) is 2.55. The summed E-state index contributed by atoms with van der Waals surface area (Å²) in [5, 5.41) is 9.64. The van der Waals surface area contributed by atoms with Crippen molar-refractivity contribution in [2.45, 2.75) is 19.8 Å². The molecule has 0 aliphatic rings. The predicted octanol–water partition coefficient (Wildman–Crippen LogP) is 2.45. The van der Waals surface area contributed by atoms with Gasteiger partial charge in [0.15, 0.2) is 11.5 Å². The van der Waals surface area contributed by atoms with Crippen LogP contribution in [0.3, 0.4) is 0 Å². The molecule has 0 radical (unpaired) electrons. The van der Waals surface area contributed by atoms with Gasteiger partial charge >= 0.3 is 0 Å². The number of rotatable bonds is 5. The second-order valence-corrected chi connectivity index (χ2v) is 3.79. The highest BCUT2D eigenvalue weighted by molar-refractivity contribution is 6.31. The van der Waals surface area contributed by atoms with Gasteiger partial charge in [-0.15, -0.1) is 0 Å². The molecule has 0 saturated heterocycles. The van der Waals surface area contributed by atoms with Gasteiger partial charge in [0.1, 0.15) is 0 Å². The Morgan fingerprint density at radius 3 is 2.38 bits per heavy atom. The van der Waals surface area contributed by atoms with Crippen LogP contribution in [0.5, 0.6) is 11.5 Å². The van der Waals surface area contributed by atoms with Gasteiger partial charge in [-0.1, -0.05) is 18.5 Å². The molecule has 4 heteroatoms. The molecule has 0 unspecified atom stereocenters. The minimum Gasteiger partial charge on any atom is -0.493 e. The van der Waals surface area contributed by atoms with Crippen molar-refractivity contribution in [2.24, 2.45) is 0 Å². The van der Waals surface area contributed by atoms with Crippen molar-refractivity contribution in [2.75, 3.05) is 20.8 Å². The van der Waals surface area contributed by atoms with Crippen molar-refractivity contribution in [3.8, 4) is 11.5 Å². The lowest BCUT2D eigenvalue weighted by Crippen LogP contribution is -2.03. The number of benzene rings is 1. The Kier molecular flexibility index (Phi) is 4.90. The van der Waals surface area contributed by atoms with E-state index in [1.54, 1.807) is 20.3 Å². The van der Waals surface area contributed by atoms with Crippen molar-refractivity contribution in [3.05, 3.63) is 22.2 Å². The molecule has 0 amide bonds. The van der Waals surface area contributed by atoms with E-state index in [1.807, 2.05) is 6.92 Å². The fraction of sp³-hybridized carbons (Fsp3) is 0.500. The number of ether oxygens (including phenoxy) is 2. The zero-order valence-corrected chi connectivity index (χ0v) is 10.6. The normalized spacial score (nSPS) is 10.3. The maximum atomic E-state index is 9.02. The number of hydrogen-bond donors (Lipinski definition) is 1. The molecule has 1 N–H and O–H groups in total. The molecule has 1 rings (SSSR count). The summed E-state index contributed by atoms with van der Waals surface area (Å²) in [7, 11) is 3.19. The summed E-state index contributed by atoms with van der Waals surface area (Å²) >= 11 is 6.15. The van der Waals surface area contributed by atoms with E-state index < -0.39 is 0 Å². The van der Waals surface area contributed by atoms with Crippen LogP contribution in [-0.2, 0) is 12.8 Å². The predicted molar refractivity (Wildman–Crippen MR) is 64.7 cm³/mol. The summed E-state index contributed by atoms with van der Waals surface area (Å²) in [6.45, 7) is 2.09. The average Bonchev–Trinajstić information content (AvgIpc) is 2.30. The van der Waals surface area contributed by atoms with E-state index in [4.69, 9.17) is 26.2 Å². The summed E-state index contributed by atoms with van der Waals surface area (Å²) in [6.07, 6.45) is 1.32. The SMILES string of the molecule is CCc1c(CCO)c(Cl)cc(OC)c1OC. The zero-order chi connectivity index (χ0) is 12.1. The van der Waals surface area contributed by atoms with Crippen LogP contribution in [0.4, 0.5) is 0 Å². The monoisotopic (exact) mass is 244 g/mol. The van der Waals surface area contributed by atoms with Crippen LogP contribution in [-0.4, -0.2) is 25.9 Å². The molecule has 0 heterocycles. The Balaban J connectivity index is 3.38. The van der Waals surface area contributed by atoms with Crippen LogP contribution >= 0.6 is 11.6 Å². The number of methoxy groups -OCH3 is 2. The fourth-order valence-electron chi connectivity index (χ4n) is 1.83. The van der Waals surface area contributed by atoms with Crippen LogP contribution in [0.15, 0.2) is 6.07 Å². The van der Waals surface area contributed by atoms with Crippen LogP contribution in [0.1, 0.15) is 18.1 Å². The molecule has 1 aromatic carbocycles. The number of hydrogen-bond acceptors (Lipinski definition) is 3. The molecule has 0 spiro atoms. The maximum Gasteiger partial charge on any atom is 0.164 e. The molecule has 0 aliphatic heterocycles. The lowest BCUT2D eigenvalue weighted by atomic mass is 10.0. The Morgan fingerprint density at radius 1 is 1.25 bits per heavy atom. The molecule has 1 aromatic rings. The second-order valence-electron chi connectivity index (χ2n) is 3.38. The summed E-state index contributed by atoms with van der Waals surface area (Å²) in [5.41, 5.74) is 1.94. The molecule has 0 atom stereocenters. The maximum absolute atomic E-state index is 9.02. The Morgan fingerprint density at radius 2 is 1.94 bits per heavy atom. The topological polar surface area (TPSA) is 38.7 Å². The number of aliphatic hydroxyl groups is 1. The molecule has 0 aliphatic carbocycles. The highest BCUT2D eigenvalue weighted by Crippen LogP contribution is 2.38. The van der Waals surface area contributed by atoms with E-state index >= 15 is 0 Å². The highest BCUT2D eigenvalue weighted by atomic mass is 35.5. The second kappa shape index (κ2) is 5.97. The Bertz CT molecular complexity index is 364. The first-order valence-corrected chi connectivity index (χ1v) is 5.60. The van der Waals surface area contributed by atoms with E-state index in [9.17, 15) is 0 Å². The molecule has 0 bridgehead atoms. The molecule has 0 fully saturated rings. The van der Waals surface area contributed by atoms with Crippen LogP contribution < -0.4 is 9.47 Å². The smallest absolute Gasteiger partial charge is 0.164 e. The van der Waals surface area contributed by atoms with Crippen LogP contribution in [0.25, 0.3) is 0 Å². The lowest BCUT2D eigenvalue weighted by molar-refractivity contribution is 0.298. The first kappa shape index (κ1) is 13.1. The third-order valence-corrected chi connectivity index (χ3v) is 2.88. The molecule has 16 heavy (non-hydrogen) atoms. The van der Waals surface area contributed by atoms with Crippen LogP contribution in [0.2, 0.25) is 5.02 Å². The van der Waals surface area contributed by atoms with E-state index in [2.05, 4.69) is 0 Å². The van der Waals surface area contributed by atoms with Gasteiger partial charge in [0.2, 0.25) is 0 Å². The molecule has 0 saturated carbocycles. The van der Waals surface area contributed by atoms with Gasteiger partial charge in [0.05, 0.1) is 14.2 Å². The number of aliphatic hydroxyl groups excluding tert-OH is 1. The quantitative estimate of drug-likeness (QED) is 0.865. The minimum absolute atomic E-state index is 0.0716. The summed E-state index contributed by atoms with van der Waals surface area (Å²) in [6, 6.07) is 1.73. The average molecular weight is 245 g/mol. The van der Waals surface area contributed by atoms with E-state index in [1.165, 1.54) is 0 Å². The Labute approximate surface area is 101 Å². The van der Waals surface area contributed by atoms with E-state index in [-0.39, 0.29) is 6.61 Å². The summed E-state index contributed by atoms with van der Waals surface area (Å²) in [5.74, 6) is 1.34. The van der Waals surface area contributed by atoms with Crippen molar-refractivity contribution >= 4 is 11.6 Å². The summed E-state index contributed by atoms with van der Waals surface area (Å²) < 4.78 is 10.6. The first-order chi connectivity index (χ1) is 7.69. The Hall–Kier alpha value is -0.930. The number of halogens is 1. The van der Waals surface area contributed by atoms with Gasteiger partial charge in [-0.25, -0.2) is 0 Å². The molecule has 90 valence electrons. The largest absolute Gasteiger partial charge is 0.493 e. The van der Waals surface area contributed by atoms with Crippen molar-refractivity contribution in [1.29, 1.82) is 0 Å². The van der Waals surface area contributed by atoms with Crippen molar-refractivity contribution in [3.63, 3.8) is 0 Å². The van der Waals surface area contributed by atoms with Gasteiger partial charge in [-0.3, -0.25) is 0 Å². The lowest BCUT2D eigenvalue weighted by Gasteiger charge is -2.17. The van der Waals surface area contributed by atoms with Crippen molar-refractivity contribution in [1.82, 2.24) is 0 Å². The van der Waals surface area contributed by atoms with Gasteiger partial charge in [0.25, 0.3) is 0 Å². The molecule has 3 nitrogen and oxygen atoms in total. The fourth-order valence-corrected chi connectivity index (χ4v) is 2.14. The van der Waals surface area contributed by atoms with E-state index in [0.717, 1.165) is 17.5 Å². The van der Waals surface area contributed by atoms with Gasteiger partial charge in [-0.05, 0) is 18.4 Å².